The smallest absolute Gasteiger partial charge is 0.261 e. The van der Waals surface area contributed by atoms with Crippen molar-refractivity contribution in [2.24, 2.45) is 0 Å². The van der Waals surface area contributed by atoms with E-state index in [1.165, 1.54) is 11.1 Å². The first-order valence-electron chi connectivity index (χ1n) is 10.9. The third-order valence-corrected chi connectivity index (χ3v) is 7.16. The number of aromatic nitrogens is 3. The molecule has 9 heteroatoms. The van der Waals surface area contributed by atoms with Gasteiger partial charge in [-0.1, -0.05) is 11.6 Å². The molecule has 2 aromatic heterocycles. The van der Waals surface area contributed by atoms with E-state index in [0.29, 0.717) is 46.3 Å². The number of methoxy groups -OCH3 is 1. The highest BCUT2D eigenvalue weighted by molar-refractivity contribution is 6.35. The van der Waals surface area contributed by atoms with Crippen LogP contribution in [0.2, 0.25) is 5.02 Å². The van der Waals surface area contributed by atoms with Gasteiger partial charge in [-0.15, -0.1) is 0 Å². The van der Waals surface area contributed by atoms with Crippen LogP contribution >= 0.6 is 11.6 Å². The van der Waals surface area contributed by atoms with Crippen molar-refractivity contribution in [1.29, 1.82) is 0 Å². The molecule has 2 saturated heterocycles. The summed E-state index contributed by atoms with van der Waals surface area (Å²) in [6, 6.07) is 5.97. The van der Waals surface area contributed by atoms with E-state index in [4.69, 9.17) is 31.0 Å². The van der Waals surface area contributed by atoms with Gasteiger partial charge in [0.05, 0.1) is 41.4 Å². The van der Waals surface area contributed by atoms with Crippen LogP contribution in [0.25, 0.3) is 10.9 Å². The van der Waals surface area contributed by atoms with Gasteiger partial charge in [-0.25, -0.2) is 4.98 Å². The number of ether oxygens (including phenoxy) is 2. The molecule has 1 N–H and O–H groups in total. The number of rotatable bonds is 4. The van der Waals surface area contributed by atoms with Crippen molar-refractivity contribution in [2.75, 3.05) is 31.7 Å². The molecule has 2 atom stereocenters. The first-order chi connectivity index (χ1) is 15.6. The van der Waals surface area contributed by atoms with Gasteiger partial charge >= 0.3 is 0 Å². The molecular formula is C23H24ClN5O3. The summed E-state index contributed by atoms with van der Waals surface area (Å²) in [4.78, 5) is 29.7. The number of H-pyrrole nitrogens is 1. The molecule has 0 unspecified atom stereocenters. The van der Waals surface area contributed by atoms with Crippen molar-refractivity contribution >= 4 is 28.5 Å². The van der Waals surface area contributed by atoms with Crippen molar-refractivity contribution in [3.8, 4) is 5.75 Å². The number of benzene rings is 1. The van der Waals surface area contributed by atoms with E-state index < -0.39 is 0 Å². The predicted octanol–water partition coefficient (Wildman–Crippen LogP) is 2.52. The third kappa shape index (κ3) is 3.34. The number of fused-ring (bicyclic) bond motifs is 4. The molecule has 0 amide bonds. The molecule has 0 radical (unpaired) electrons. The average Bonchev–Trinajstić information content (AvgIpc) is 3.41. The Morgan fingerprint density at radius 3 is 3.06 bits per heavy atom. The van der Waals surface area contributed by atoms with Gasteiger partial charge in [0.1, 0.15) is 5.75 Å². The van der Waals surface area contributed by atoms with Crippen LogP contribution in [0.1, 0.15) is 23.2 Å². The fourth-order valence-corrected chi connectivity index (χ4v) is 5.49. The molecule has 3 aromatic rings. The van der Waals surface area contributed by atoms with Crippen LogP contribution in [-0.4, -0.2) is 58.8 Å². The first-order valence-corrected chi connectivity index (χ1v) is 11.3. The Hall–Kier alpha value is -2.68. The Kier molecular flexibility index (Phi) is 4.82. The summed E-state index contributed by atoms with van der Waals surface area (Å²) < 4.78 is 11.0. The van der Waals surface area contributed by atoms with Crippen LogP contribution in [0.3, 0.4) is 0 Å². The highest BCUT2D eigenvalue weighted by Crippen LogP contribution is 2.32. The highest BCUT2D eigenvalue weighted by Gasteiger charge is 2.39. The summed E-state index contributed by atoms with van der Waals surface area (Å²) in [5.41, 5.74) is 3.99. The summed E-state index contributed by atoms with van der Waals surface area (Å²) >= 11 is 6.29. The lowest BCUT2D eigenvalue weighted by atomic mass is 9.98. The molecule has 6 rings (SSSR count). The van der Waals surface area contributed by atoms with Gasteiger partial charge < -0.3 is 14.4 Å². The molecular weight excluding hydrogens is 430 g/mol. The summed E-state index contributed by atoms with van der Waals surface area (Å²) in [5, 5.41) is 0.712. The van der Waals surface area contributed by atoms with E-state index >= 15 is 0 Å². The number of morpholine rings is 1. The normalized spacial score (nSPS) is 22.5. The molecule has 1 aromatic carbocycles. The number of anilines is 1. The van der Waals surface area contributed by atoms with Gasteiger partial charge in [-0.3, -0.25) is 19.7 Å². The van der Waals surface area contributed by atoms with E-state index in [0.717, 1.165) is 44.8 Å². The fraction of sp³-hybridized carbons (Fsp3) is 0.435. The van der Waals surface area contributed by atoms with Crippen molar-refractivity contribution in [2.45, 2.75) is 38.1 Å². The lowest BCUT2D eigenvalue weighted by molar-refractivity contribution is 0.0267. The maximum atomic E-state index is 12.7. The summed E-state index contributed by atoms with van der Waals surface area (Å²) in [6.45, 7) is 4.13. The minimum atomic E-state index is -0.245. The lowest BCUT2D eigenvalue weighted by Gasteiger charge is -2.32. The summed E-state index contributed by atoms with van der Waals surface area (Å²) in [6.07, 6.45) is 4.28. The average molecular weight is 454 g/mol. The van der Waals surface area contributed by atoms with Gasteiger partial charge in [0.15, 0.2) is 0 Å². The highest BCUT2D eigenvalue weighted by atomic mass is 35.5. The Balaban J connectivity index is 1.29. The third-order valence-electron chi connectivity index (χ3n) is 6.86. The van der Waals surface area contributed by atoms with Crippen LogP contribution in [0.5, 0.6) is 5.75 Å². The van der Waals surface area contributed by atoms with Crippen molar-refractivity contribution in [3.63, 3.8) is 0 Å². The number of aromatic amines is 1. The second-order valence-corrected chi connectivity index (χ2v) is 9.14. The van der Waals surface area contributed by atoms with Crippen LogP contribution < -0.4 is 15.2 Å². The second-order valence-electron chi connectivity index (χ2n) is 8.73. The molecule has 5 heterocycles. The molecule has 0 saturated carbocycles. The zero-order valence-electron chi connectivity index (χ0n) is 17.8. The lowest BCUT2D eigenvalue weighted by Crippen LogP contribution is -2.38. The number of halogens is 1. The van der Waals surface area contributed by atoms with E-state index in [1.807, 2.05) is 6.20 Å². The Morgan fingerprint density at radius 1 is 1.38 bits per heavy atom. The van der Waals surface area contributed by atoms with Gasteiger partial charge in [0.2, 0.25) is 5.95 Å². The number of pyridine rings is 1. The van der Waals surface area contributed by atoms with Crippen LogP contribution in [0.15, 0.2) is 29.2 Å². The van der Waals surface area contributed by atoms with Crippen molar-refractivity contribution < 1.29 is 9.47 Å². The number of nitrogens with one attached hydrogen (secondary N) is 1. The number of hydrogen-bond acceptors (Lipinski definition) is 7. The maximum absolute atomic E-state index is 12.7. The van der Waals surface area contributed by atoms with Crippen molar-refractivity contribution in [1.82, 2.24) is 19.9 Å². The minimum absolute atomic E-state index is 0.245. The van der Waals surface area contributed by atoms with E-state index in [9.17, 15) is 4.79 Å². The van der Waals surface area contributed by atoms with Gasteiger partial charge in [-0.05, 0) is 36.1 Å². The van der Waals surface area contributed by atoms with E-state index in [-0.39, 0.29) is 5.56 Å². The van der Waals surface area contributed by atoms with Crippen LogP contribution in [-0.2, 0) is 24.2 Å². The molecule has 2 fully saturated rings. The summed E-state index contributed by atoms with van der Waals surface area (Å²) in [7, 11) is 1.57. The zero-order chi connectivity index (χ0) is 21.8. The number of likely N-dealkylation sites (tertiary alicyclic amines) is 1. The molecule has 2 bridgehead atoms. The maximum Gasteiger partial charge on any atom is 0.261 e. The standard InChI is InChI=1S/C23H24ClN5O3/c1-31-15-7-18(24)21-19(8-15)26-23(27-22(21)30)28-5-3-17-13(9-28)2-4-25-20(17)11-29-10-16-6-14(29)12-32-16/h2,4,7-8,14,16H,3,5-6,9-12H2,1H3,(H,26,27,30)/t14-,16-/m0/s1. The van der Waals surface area contributed by atoms with Crippen LogP contribution in [0, 0.1) is 0 Å². The molecule has 0 aliphatic carbocycles. The van der Waals surface area contributed by atoms with E-state index in [2.05, 4.69) is 20.9 Å². The van der Waals surface area contributed by atoms with Gasteiger partial charge in [-0.2, -0.15) is 0 Å². The predicted molar refractivity (Wildman–Crippen MR) is 121 cm³/mol. The molecule has 166 valence electrons. The topological polar surface area (TPSA) is 83.6 Å². The molecule has 3 aliphatic rings. The molecule has 32 heavy (non-hydrogen) atoms. The Bertz CT molecular complexity index is 1260. The Morgan fingerprint density at radius 2 is 2.28 bits per heavy atom. The first kappa shape index (κ1) is 20.0. The Labute approximate surface area is 190 Å². The molecule has 8 nitrogen and oxygen atoms in total. The zero-order valence-corrected chi connectivity index (χ0v) is 18.6. The largest absolute Gasteiger partial charge is 0.497 e. The van der Waals surface area contributed by atoms with Crippen molar-refractivity contribution in [3.05, 3.63) is 56.6 Å². The quantitative estimate of drug-likeness (QED) is 0.649. The second kappa shape index (κ2) is 7.72. The van der Waals surface area contributed by atoms with Gasteiger partial charge in [0.25, 0.3) is 5.56 Å². The minimum Gasteiger partial charge on any atom is -0.497 e. The molecule has 0 spiro atoms. The fourth-order valence-electron chi connectivity index (χ4n) is 5.20. The monoisotopic (exact) mass is 453 g/mol. The molecule has 3 aliphatic heterocycles. The van der Waals surface area contributed by atoms with Crippen LogP contribution in [0.4, 0.5) is 5.95 Å². The number of nitrogens with zero attached hydrogens (tertiary/aromatic N) is 4. The summed E-state index contributed by atoms with van der Waals surface area (Å²) in [5.74, 6) is 1.12. The number of hydrogen-bond donors (Lipinski definition) is 1. The van der Waals surface area contributed by atoms with Gasteiger partial charge in [0, 0.05) is 44.5 Å². The van der Waals surface area contributed by atoms with E-state index in [1.54, 1.807) is 19.2 Å². The SMILES string of the molecule is COc1cc(Cl)c2c(=O)[nH]c(N3CCc4c(ccnc4CN4C[C@@H]5C[C@H]4CO5)C3)nc2c1.